The molecule has 6 unspecified atom stereocenters. The van der Waals surface area contributed by atoms with Crippen LogP contribution in [-0.2, 0) is 38.0 Å². The third-order valence-electron chi connectivity index (χ3n) is 9.62. The highest BCUT2D eigenvalue weighted by atomic mass is 19.4. The quantitative estimate of drug-likeness (QED) is 0.0594. The maximum absolute atomic E-state index is 15.3. The Bertz CT molecular complexity index is 1930. The van der Waals surface area contributed by atoms with E-state index in [1.807, 2.05) is 0 Å². The largest absolute Gasteiger partial charge is 0.460 e. The van der Waals surface area contributed by atoms with Crippen LogP contribution in [0.3, 0.4) is 0 Å². The maximum atomic E-state index is 15.3. The average molecular weight is 1170 g/mol. The van der Waals surface area contributed by atoms with E-state index in [0.717, 1.165) is 0 Å². The zero-order valence-corrected chi connectivity index (χ0v) is 35.6. The second-order valence-electron chi connectivity index (χ2n) is 16.8. The fraction of sp³-hybridized carbons (Fsp3) is 0.941. The summed E-state index contributed by atoms with van der Waals surface area (Å²) in [5.74, 6) is -60.3. The van der Waals surface area contributed by atoms with Crippen LogP contribution >= 0.6 is 0 Å². The number of rotatable bonds is 27. The molecule has 438 valence electrons. The molecule has 0 aromatic carbocycles. The molecule has 0 aromatic rings. The van der Waals surface area contributed by atoms with Gasteiger partial charge in [-0.3, -0.25) is 4.79 Å². The molecular formula is C34H30F32O8. The third-order valence-corrected chi connectivity index (χ3v) is 9.62. The minimum absolute atomic E-state index is 0.261. The molecule has 2 saturated carbocycles. The van der Waals surface area contributed by atoms with Crippen molar-refractivity contribution in [1.82, 2.24) is 0 Å². The van der Waals surface area contributed by atoms with E-state index in [2.05, 4.69) is 28.4 Å². The molecule has 0 saturated heterocycles. The molecule has 0 bridgehead atoms. The van der Waals surface area contributed by atoms with Crippen LogP contribution in [0, 0.1) is 5.92 Å². The van der Waals surface area contributed by atoms with Crippen molar-refractivity contribution < 1.29 is 179 Å². The standard InChI is InChI=1S/C34H30F32O8/c1-19(35,36)11-70-31(59,34(64,65)66)18(68)74-30(57,58)8-21(38,39)3-2-20(37)6-26(48,49)33(20,63)71-13-24(44,45)10-28(53,54)72-15-5-25(46,47)16(15)73-29(55,56)9-23(42,43)12-69-17(67)14(32(60,61)62)4-22(40,41)7-27(50,51)52/h14-16H,2-13H2,1H3. The van der Waals surface area contributed by atoms with Crippen LogP contribution < -0.4 is 0 Å². The van der Waals surface area contributed by atoms with E-state index in [9.17, 15) is 141 Å². The Labute approximate surface area is 389 Å². The van der Waals surface area contributed by atoms with Gasteiger partial charge in [-0.25, -0.2) is 66.3 Å². The molecule has 0 heterocycles. The molecule has 2 aliphatic carbocycles. The predicted octanol–water partition coefficient (Wildman–Crippen LogP) is 13.0. The predicted molar refractivity (Wildman–Crippen MR) is 169 cm³/mol. The first-order valence-corrected chi connectivity index (χ1v) is 19.2. The molecule has 2 aliphatic rings. The molecule has 0 N–H and O–H groups in total. The third kappa shape index (κ3) is 18.1. The molecule has 0 aliphatic heterocycles. The summed E-state index contributed by atoms with van der Waals surface area (Å²) in [5, 5.41) is 0. The van der Waals surface area contributed by atoms with E-state index in [4.69, 9.17) is 0 Å². The molecular weight excluding hydrogens is 1140 g/mol. The summed E-state index contributed by atoms with van der Waals surface area (Å²) >= 11 is 0. The van der Waals surface area contributed by atoms with Crippen molar-refractivity contribution in [3.63, 3.8) is 0 Å². The summed E-state index contributed by atoms with van der Waals surface area (Å²) in [5.41, 5.74) is -4.78. The van der Waals surface area contributed by atoms with Gasteiger partial charge in [0.25, 0.3) is 35.5 Å². The van der Waals surface area contributed by atoms with E-state index in [-0.39, 0.29) is 6.92 Å². The van der Waals surface area contributed by atoms with Gasteiger partial charge in [0.1, 0.15) is 45.0 Å². The topological polar surface area (TPSA) is 89.5 Å². The summed E-state index contributed by atoms with van der Waals surface area (Å²) in [6.45, 7) is -9.25. The fourth-order valence-electron chi connectivity index (χ4n) is 6.32. The Kier molecular flexibility index (Phi) is 18.7. The Morgan fingerprint density at radius 3 is 1.49 bits per heavy atom. The molecule has 6 atom stereocenters. The normalized spacial score (nSPS) is 24.9. The average Bonchev–Trinajstić information content (AvgIpc) is 3.11. The van der Waals surface area contributed by atoms with Crippen molar-refractivity contribution in [2.24, 2.45) is 5.92 Å². The number of hydrogen-bond donors (Lipinski definition) is 0. The summed E-state index contributed by atoms with van der Waals surface area (Å²) < 4.78 is 461. The minimum atomic E-state index is -6.85. The highest BCUT2D eigenvalue weighted by Gasteiger charge is 2.82. The maximum Gasteiger partial charge on any atom is 0.460 e. The molecule has 0 amide bonds. The van der Waals surface area contributed by atoms with Gasteiger partial charge in [-0.05, 0) is 6.42 Å². The molecule has 74 heavy (non-hydrogen) atoms. The smallest absolute Gasteiger partial charge is 0.459 e. The summed E-state index contributed by atoms with van der Waals surface area (Å²) in [7, 11) is 0. The fourth-order valence-corrected chi connectivity index (χ4v) is 6.32. The van der Waals surface area contributed by atoms with Crippen molar-refractivity contribution in [2.45, 2.75) is 173 Å². The van der Waals surface area contributed by atoms with Gasteiger partial charge in [-0.15, -0.1) is 0 Å². The molecule has 0 aromatic heterocycles. The first-order valence-electron chi connectivity index (χ1n) is 19.2. The highest BCUT2D eigenvalue weighted by molar-refractivity contribution is 5.79. The number of esters is 2. The summed E-state index contributed by atoms with van der Waals surface area (Å²) in [4.78, 5) is 23.2. The van der Waals surface area contributed by atoms with Crippen molar-refractivity contribution in [3.8, 4) is 0 Å². The summed E-state index contributed by atoms with van der Waals surface area (Å²) in [6.07, 6.45) is -71.1. The van der Waals surface area contributed by atoms with E-state index in [1.165, 1.54) is 0 Å². The van der Waals surface area contributed by atoms with E-state index >= 15 is 8.78 Å². The van der Waals surface area contributed by atoms with E-state index in [0.29, 0.717) is 0 Å². The number of carbonyl (C=O) groups is 2. The minimum Gasteiger partial charge on any atom is -0.459 e. The van der Waals surface area contributed by atoms with Crippen LogP contribution in [0.5, 0.6) is 0 Å². The molecule has 0 spiro atoms. The number of carbonyl (C=O) groups excluding carboxylic acids is 2. The van der Waals surface area contributed by atoms with Gasteiger partial charge in [-0.2, -0.15) is 79.0 Å². The molecule has 40 heteroatoms. The Hall–Kier alpha value is -3.46. The van der Waals surface area contributed by atoms with Crippen LogP contribution in [0.1, 0.15) is 64.7 Å². The Morgan fingerprint density at radius 1 is 0.581 bits per heavy atom. The van der Waals surface area contributed by atoms with E-state index in [1.54, 1.807) is 0 Å². The monoisotopic (exact) mass is 1170 g/mol. The highest BCUT2D eigenvalue weighted by Crippen LogP contribution is 2.63. The summed E-state index contributed by atoms with van der Waals surface area (Å²) in [6, 6.07) is 0. The van der Waals surface area contributed by atoms with Crippen LogP contribution in [0.2, 0.25) is 0 Å². The Morgan fingerprint density at radius 2 is 1.05 bits per heavy atom. The lowest BCUT2D eigenvalue weighted by molar-refractivity contribution is -0.420. The lowest BCUT2D eigenvalue weighted by Crippen LogP contribution is -2.73. The van der Waals surface area contributed by atoms with Gasteiger partial charge in [0.15, 0.2) is 24.3 Å². The van der Waals surface area contributed by atoms with Crippen molar-refractivity contribution >= 4 is 11.9 Å². The van der Waals surface area contributed by atoms with Crippen LogP contribution in [0.15, 0.2) is 0 Å². The molecule has 2 rings (SSSR count). The lowest BCUT2D eigenvalue weighted by Gasteiger charge is -2.53. The first-order chi connectivity index (χ1) is 32.2. The van der Waals surface area contributed by atoms with Crippen LogP contribution in [-0.4, -0.2) is 140 Å². The number of halogens is 32. The number of hydrogen-bond acceptors (Lipinski definition) is 8. The first kappa shape index (κ1) is 66.7. The number of ether oxygens (including phenoxy) is 6. The van der Waals surface area contributed by atoms with Crippen LogP contribution in [0.25, 0.3) is 0 Å². The second kappa shape index (κ2) is 20.7. The van der Waals surface area contributed by atoms with Gasteiger partial charge in [0, 0.05) is 26.2 Å². The SMILES string of the molecule is CC(F)(F)COC(F)(C(=O)OC(F)(F)CC(F)(F)CCC1(F)CC(F)(F)C1(F)OCC(F)(F)CC(F)(F)OC1CC(F)(F)C1OC(F)(F)CC(F)(F)COC(=O)C(CC(F)(F)CC(F)(F)F)C(F)(F)F)C(F)(F)F. The lowest BCUT2D eigenvalue weighted by atomic mass is 9.69. The van der Waals surface area contributed by atoms with Gasteiger partial charge >= 0.3 is 66.4 Å². The van der Waals surface area contributed by atoms with Gasteiger partial charge in [-0.1, -0.05) is 0 Å². The van der Waals surface area contributed by atoms with Gasteiger partial charge < -0.3 is 28.4 Å². The molecule has 0 radical (unpaired) electrons. The van der Waals surface area contributed by atoms with Gasteiger partial charge in [0.05, 0.1) is 6.42 Å². The van der Waals surface area contributed by atoms with Crippen molar-refractivity contribution in [3.05, 3.63) is 0 Å². The van der Waals surface area contributed by atoms with Gasteiger partial charge in [0.2, 0.25) is 0 Å². The molecule has 8 nitrogen and oxygen atoms in total. The Balaban J connectivity index is 2.12. The van der Waals surface area contributed by atoms with Crippen molar-refractivity contribution in [1.29, 1.82) is 0 Å². The second-order valence-corrected chi connectivity index (χ2v) is 16.8. The zero-order valence-electron chi connectivity index (χ0n) is 35.6. The zero-order chi connectivity index (χ0) is 58.6. The van der Waals surface area contributed by atoms with Crippen molar-refractivity contribution in [2.75, 3.05) is 19.8 Å². The van der Waals surface area contributed by atoms with E-state index < -0.39 is 203 Å². The molecule has 2 fully saturated rings. The van der Waals surface area contributed by atoms with Crippen LogP contribution in [0.4, 0.5) is 140 Å². The number of alkyl halides is 32.